The van der Waals surface area contributed by atoms with E-state index in [2.05, 4.69) is 10.2 Å². The molecule has 26 heavy (non-hydrogen) atoms. The number of methoxy groups -OCH3 is 1. The molecule has 2 aromatic heterocycles. The third kappa shape index (κ3) is 2.72. The molecule has 0 unspecified atom stereocenters. The SMILES string of the molecule is COc1cc(/C=c2\sc3nnc(-c4ccc(C)cc4)n3c2=O)ccc1O. The standard InChI is InChI=1S/C19H15N3O3S/c1-11-3-6-13(7-4-11)17-20-21-19-22(17)18(24)16(26-19)10-12-5-8-14(23)15(9-12)25-2/h3-10,23H,1-2H3/b16-10-. The molecule has 0 atom stereocenters. The number of phenols is 1. The van der Waals surface area contributed by atoms with Crippen LogP contribution in [0, 0.1) is 6.92 Å². The summed E-state index contributed by atoms with van der Waals surface area (Å²) in [5, 5.41) is 18.0. The van der Waals surface area contributed by atoms with E-state index in [0.717, 1.165) is 16.7 Å². The number of phenolic OH excluding ortho intramolecular Hbond substituents is 1. The molecule has 2 aromatic carbocycles. The molecule has 1 N–H and O–H groups in total. The van der Waals surface area contributed by atoms with Gasteiger partial charge in [0, 0.05) is 5.56 Å². The Kier molecular flexibility index (Phi) is 3.93. The first-order valence-corrected chi connectivity index (χ1v) is 8.72. The molecule has 7 heteroatoms. The average Bonchev–Trinajstić information content (AvgIpc) is 3.18. The summed E-state index contributed by atoms with van der Waals surface area (Å²) in [7, 11) is 1.48. The van der Waals surface area contributed by atoms with Crippen LogP contribution in [0.2, 0.25) is 0 Å². The van der Waals surface area contributed by atoms with Crippen molar-refractivity contribution in [1.29, 1.82) is 0 Å². The van der Waals surface area contributed by atoms with E-state index in [9.17, 15) is 9.90 Å². The van der Waals surface area contributed by atoms with E-state index >= 15 is 0 Å². The highest BCUT2D eigenvalue weighted by atomic mass is 32.1. The minimum Gasteiger partial charge on any atom is -0.504 e. The minimum absolute atomic E-state index is 0.0545. The van der Waals surface area contributed by atoms with Crippen molar-refractivity contribution in [3.8, 4) is 22.9 Å². The highest BCUT2D eigenvalue weighted by Gasteiger charge is 2.14. The number of hydrogen-bond acceptors (Lipinski definition) is 6. The van der Waals surface area contributed by atoms with Gasteiger partial charge in [0.15, 0.2) is 17.3 Å². The van der Waals surface area contributed by atoms with E-state index < -0.39 is 0 Å². The van der Waals surface area contributed by atoms with E-state index in [1.54, 1.807) is 18.2 Å². The zero-order chi connectivity index (χ0) is 18.3. The molecule has 0 saturated heterocycles. The molecular formula is C19H15N3O3S. The van der Waals surface area contributed by atoms with Gasteiger partial charge in [0.05, 0.1) is 11.6 Å². The van der Waals surface area contributed by atoms with Crippen molar-refractivity contribution >= 4 is 22.4 Å². The van der Waals surface area contributed by atoms with E-state index in [4.69, 9.17) is 4.74 Å². The summed E-state index contributed by atoms with van der Waals surface area (Å²) in [5.41, 5.74) is 2.57. The molecule has 0 aliphatic heterocycles. The number of nitrogens with zero attached hydrogens (tertiary/aromatic N) is 3. The highest BCUT2D eigenvalue weighted by molar-refractivity contribution is 7.15. The van der Waals surface area contributed by atoms with Crippen LogP contribution >= 0.6 is 11.3 Å². The molecule has 6 nitrogen and oxygen atoms in total. The monoisotopic (exact) mass is 365 g/mol. The zero-order valence-electron chi connectivity index (χ0n) is 14.1. The Morgan fingerprint density at radius 2 is 1.92 bits per heavy atom. The number of rotatable bonds is 3. The van der Waals surface area contributed by atoms with Crippen LogP contribution in [0.3, 0.4) is 0 Å². The van der Waals surface area contributed by atoms with Crippen molar-refractivity contribution in [3.63, 3.8) is 0 Å². The molecule has 0 bridgehead atoms. The second-order valence-corrected chi connectivity index (χ2v) is 6.86. The summed E-state index contributed by atoms with van der Waals surface area (Å²) < 4.78 is 7.18. The van der Waals surface area contributed by atoms with Gasteiger partial charge in [0.1, 0.15) is 0 Å². The maximum atomic E-state index is 12.9. The average molecular weight is 365 g/mol. The first-order valence-electron chi connectivity index (χ1n) is 7.90. The second kappa shape index (κ2) is 6.27. The van der Waals surface area contributed by atoms with Gasteiger partial charge in [-0.2, -0.15) is 0 Å². The summed E-state index contributed by atoms with van der Waals surface area (Å²) in [4.78, 5) is 13.4. The molecule has 4 aromatic rings. The first kappa shape index (κ1) is 16.3. The molecule has 0 aliphatic carbocycles. The molecule has 0 fully saturated rings. The van der Waals surface area contributed by atoms with Gasteiger partial charge in [-0.3, -0.25) is 4.79 Å². The largest absolute Gasteiger partial charge is 0.504 e. The van der Waals surface area contributed by atoms with Crippen LogP contribution in [0.5, 0.6) is 11.5 Å². The summed E-state index contributed by atoms with van der Waals surface area (Å²) in [5.74, 6) is 0.942. The predicted molar refractivity (Wildman–Crippen MR) is 101 cm³/mol. The van der Waals surface area contributed by atoms with Crippen molar-refractivity contribution in [3.05, 3.63) is 68.5 Å². The van der Waals surface area contributed by atoms with Crippen molar-refractivity contribution in [2.24, 2.45) is 0 Å². The molecule has 0 spiro atoms. The van der Waals surface area contributed by atoms with Crippen LogP contribution in [-0.4, -0.2) is 26.8 Å². The number of hydrogen-bond donors (Lipinski definition) is 1. The Hall–Kier alpha value is -3.19. The quantitative estimate of drug-likeness (QED) is 0.603. The fraction of sp³-hybridized carbons (Fsp3) is 0.105. The van der Waals surface area contributed by atoms with Crippen LogP contribution in [0.15, 0.2) is 47.3 Å². The number of fused-ring (bicyclic) bond motifs is 1. The summed E-state index contributed by atoms with van der Waals surface area (Å²) >= 11 is 1.27. The third-order valence-electron chi connectivity index (χ3n) is 4.06. The molecule has 130 valence electrons. The van der Waals surface area contributed by atoms with Crippen molar-refractivity contribution < 1.29 is 9.84 Å². The Morgan fingerprint density at radius 3 is 2.65 bits per heavy atom. The van der Waals surface area contributed by atoms with Crippen LogP contribution in [0.1, 0.15) is 11.1 Å². The molecule has 2 heterocycles. The number of benzene rings is 2. The van der Waals surface area contributed by atoms with Gasteiger partial charge in [0.25, 0.3) is 5.56 Å². The van der Waals surface area contributed by atoms with Gasteiger partial charge in [-0.1, -0.05) is 47.2 Å². The molecule has 4 rings (SSSR count). The van der Waals surface area contributed by atoms with E-state index in [0.29, 0.717) is 21.1 Å². The zero-order valence-corrected chi connectivity index (χ0v) is 14.9. The highest BCUT2D eigenvalue weighted by Crippen LogP contribution is 2.26. The third-order valence-corrected chi connectivity index (χ3v) is 5.02. The van der Waals surface area contributed by atoms with Crippen LogP contribution in [-0.2, 0) is 0 Å². The number of aryl methyl sites for hydroxylation is 1. The molecule has 0 amide bonds. The van der Waals surface area contributed by atoms with Gasteiger partial charge < -0.3 is 9.84 Å². The van der Waals surface area contributed by atoms with E-state index in [1.165, 1.54) is 28.9 Å². The topological polar surface area (TPSA) is 76.7 Å². The lowest BCUT2D eigenvalue weighted by Crippen LogP contribution is -2.23. The van der Waals surface area contributed by atoms with Crippen molar-refractivity contribution in [2.45, 2.75) is 6.92 Å². The summed E-state index contributed by atoms with van der Waals surface area (Å²) in [6.07, 6.45) is 1.75. The van der Waals surface area contributed by atoms with Gasteiger partial charge in [0.2, 0.25) is 4.96 Å². The fourth-order valence-electron chi connectivity index (χ4n) is 2.69. The molecular weight excluding hydrogens is 350 g/mol. The van der Waals surface area contributed by atoms with Gasteiger partial charge in [-0.25, -0.2) is 4.40 Å². The number of thiazole rings is 1. The molecule has 0 aliphatic rings. The second-order valence-electron chi connectivity index (χ2n) is 5.85. The summed E-state index contributed by atoms with van der Waals surface area (Å²) in [6.45, 7) is 2.01. The lowest BCUT2D eigenvalue weighted by molar-refractivity contribution is 0.373. The smallest absolute Gasteiger partial charge is 0.276 e. The van der Waals surface area contributed by atoms with Gasteiger partial charge in [-0.05, 0) is 30.7 Å². The van der Waals surface area contributed by atoms with Gasteiger partial charge >= 0.3 is 0 Å². The normalized spacial score (nSPS) is 12.0. The number of ether oxygens (including phenoxy) is 1. The first-order chi connectivity index (χ1) is 12.6. The molecule has 0 radical (unpaired) electrons. The summed E-state index contributed by atoms with van der Waals surface area (Å²) in [6, 6.07) is 12.7. The minimum atomic E-state index is -0.169. The lowest BCUT2D eigenvalue weighted by Gasteiger charge is -2.03. The molecule has 0 saturated carbocycles. The fourth-order valence-corrected chi connectivity index (χ4v) is 3.60. The maximum absolute atomic E-state index is 12.9. The number of aromatic hydroxyl groups is 1. The van der Waals surface area contributed by atoms with Gasteiger partial charge in [-0.15, -0.1) is 10.2 Å². The predicted octanol–water partition coefficient (Wildman–Crippen LogP) is 2.39. The number of aromatic nitrogens is 3. The maximum Gasteiger partial charge on any atom is 0.276 e. The Morgan fingerprint density at radius 1 is 1.15 bits per heavy atom. The van der Waals surface area contributed by atoms with E-state index in [-0.39, 0.29) is 11.3 Å². The van der Waals surface area contributed by atoms with Crippen molar-refractivity contribution in [1.82, 2.24) is 14.6 Å². The Bertz CT molecular complexity index is 1210. The van der Waals surface area contributed by atoms with Crippen LogP contribution in [0.25, 0.3) is 22.4 Å². The van der Waals surface area contributed by atoms with Crippen LogP contribution in [0.4, 0.5) is 0 Å². The Balaban J connectivity index is 1.87. The lowest BCUT2D eigenvalue weighted by atomic mass is 10.1. The van der Waals surface area contributed by atoms with Crippen LogP contribution < -0.4 is 14.8 Å². The van der Waals surface area contributed by atoms with Crippen molar-refractivity contribution in [2.75, 3.05) is 7.11 Å². The van der Waals surface area contributed by atoms with E-state index in [1.807, 2.05) is 31.2 Å². The Labute approximate surface area is 152 Å².